The van der Waals surface area contributed by atoms with E-state index in [9.17, 15) is 14.4 Å². The summed E-state index contributed by atoms with van der Waals surface area (Å²) < 4.78 is 16.3. The number of alkyl carbamates (subject to hydrolysis) is 1. The summed E-state index contributed by atoms with van der Waals surface area (Å²) in [5.74, 6) is -0.504. The highest BCUT2D eigenvalue weighted by atomic mass is 16.6. The van der Waals surface area contributed by atoms with Crippen molar-refractivity contribution in [1.82, 2.24) is 5.32 Å². The molecule has 0 fully saturated rings. The normalized spacial score (nSPS) is 13.6. The number of hydrogen-bond donors (Lipinski definition) is 1. The van der Waals surface area contributed by atoms with E-state index < -0.39 is 29.3 Å². The minimum atomic E-state index is -0.883. The molecule has 2 aromatic rings. The van der Waals surface area contributed by atoms with Gasteiger partial charge in [0.1, 0.15) is 23.0 Å². The Balaban J connectivity index is 2.34. The van der Waals surface area contributed by atoms with Crippen LogP contribution in [-0.4, -0.2) is 23.7 Å². The summed E-state index contributed by atoms with van der Waals surface area (Å²) in [5, 5.41) is 3.40. The second-order valence-electron chi connectivity index (χ2n) is 8.64. The highest BCUT2D eigenvalue weighted by Crippen LogP contribution is 2.29. The molecule has 1 aromatic carbocycles. The standard InChI is InChI=1S/C23H31NO6/c1-9-12(2)18(24-22(27)30-23(6,7)8)21(26)28-17-11-10-16-13(3)14(4)20(25)29-19(16)15(17)5/h10-12,18H,9H2,1-8H3,(H,24,27). The van der Waals surface area contributed by atoms with Crippen LogP contribution in [0.5, 0.6) is 5.75 Å². The summed E-state index contributed by atoms with van der Waals surface area (Å²) in [6.45, 7) is 14.3. The lowest BCUT2D eigenvalue weighted by atomic mass is 9.99. The zero-order valence-electron chi connectivity index (χ0n) is 19.0. The number of rotatable bonds is 5. The molecule has 2 atom stereocenters. The monoisotopic (exact) mass is 417 g/mol. The maximum Gasteiger partial charge on any atom is 0.408 e. The van der Waals surface area contributed by atoms with Crippen molar-refractivity contribution < 1.29 is 23.5 Å². The van der Waals surface area contributed by atoms with Crippen LogP contribution >= 0.6 is 0 Å². The van der Waals surface area contributed by atoms with Crippen LogP contribution in [0.2, 0.25) is 0 Å². The fraction of sp³-hybridized carbons (Fsp3) is 0.522. The van der Waals surface area contributed by atoms with Crippen LogP contribution in [0, 0.1) is 26.7 Å². The van der Waals surface area contributed by atoms with Crippen molar-refractivity contribution in [3.05, 3.63) is 39.2 Å². The van der Waals surface area contributed by atoms with Gasteiger partial charge in [0.25, 0.3) is 0 Å². The molecule has 0 aliphatic rings. The van der Waals surface area contributed by atoms with E-state index in [4.69, 9.17) is 13.9 Å². The van der Waals surface area contributed by atoms with Crippen LogP contribution in [0.4, 0.5) is 4.79 Å². The molecule has 7 heteroatoms. The topological polar surface area (TPSA) is 94.8 Å². The van der Waals surface area contributed by atoms with Crippen LogP contribution in [-0.2, 0) is 9.53 Å². The number of benzene rings is 1. The Hall–Kier alpha value is -2.83. The first-order valence-corrected chi connectivity index (χ1v) is 10.1. The Morgan fingerprint density at radius 2 is 1.73 bits per heavy atom. The predicted molar refractivity (Wildman–Crippen MR) is 115 cm³/mol. The Bertz CT molecular complexity index is 1010. The molecule has 0 spiro atoms. The molecule has 0 radical (unpaired) electrons. The number of amides is 1. The summed E-state index contributed by atoms with van der Waals surface area (Å²) >= 11 is 0. The fourth-order valence-electron chi connectivity index (χ4n) is 3.01. The second-order valence-corrected chi connectivity index (χ2v) is 8.64. The molecule has 1 aromatic heterocycles. The Morgan fingerprint density at radius 3 is 2.30 bits per heavy atom. The van der Waals surface area contributed by atoms with E-state index >= 15 is 0 Å². The molecule has 30 heavy (non-hydrogen) atoms. The molecule has 1 heterocycles. The van der Waals surface area contributed by atoms with E-state index in [0.29, 0.717) is 23.1 Å². The summed E-state index contributed by atoms with van der Waals surface area (Å²) in [6, 6.07) is 2.55. The van der Waals surface area contributed by atoms with E-state index in [2.05, 4.69) is 5.32 Å². The van der Waals surface area contributed by atoms with Crippen LogP contribution in [0.25, 0.3) is 11.0 Å². The first kappa shape index (κ1) is 23.4. The SMILES string of the molecule is CCC(C)C(NC(=O)OC(C)(C)C)C(=O)Oc1ccc2c(C)c(C)c(=O)oc2c1C. The van der Waals surface area contributed by atoms with Gasteiger partial charge in [-0.1, -0.05) is 20.3 Å². The van der Waals surface area contributed by atoms with Gasteiger partial charge in [-0.2, -0.15) is 0 Å². The zero-order valence-corrected chi connectivity index (χ0v) is 19.0. The lowest BCUT2D eigenvalue weighted by molar-refractivity contribution is -0.138. The Labute approximate surface area is 176 Å². The van der Waals surface area contributed by atoms with Crippen molar-refractivity contribution >= 4 is 23.0 Å². The number of esters is 1. The van der Waals surface area contributed by atoms with Crippen LogP contribution < -0.4 is 15.7 Å². The molecule has 0 bridgehead atoms. The van der Waals surface area contributed by atoms with Crippen molar-refractivity contribution in [2.45, 2.75) is 73.5 Å². The quantitative estimate of drug-likeness (QED) is 0.435. The largest absolute Gasteiger partial charge is 0.444 e. The summed E-state index contributed by atoms with van der Waals surface area (Å²) in [5.41, 5.74) is 1.19. The highest BCUT2D eigenvalue weighted by Gasteiger charge is 2.30. The second kappa shape index (κ2) is 8.90. The molecule has 164 valence electrons. The van der Waals surface area contributed by atoms with Crippen molar-refractivity contribution in [3.8, 4) is 5.75 Å². The van der Waals surface area contributed by atoms with Gasteiger partial charge in [0.05, 0.1) is 0 Å². The van der Waals surface area contributed by atoms with E-state index in [1.54, 1.807) is 46.8 Å². The van der Waals surface area contributed by atoms with Gasteiger partial charge in [-0.05, 0) is 65.2 Å². The van der Waals surface area contributed by atoms with Crippen LogP contribution in [0.1, 0.15) is 57.7 Å². The number of aryl methyl sites for hydroxylation is 2. The molecule has 1 N–H and O–H groups in total. The fourth-order valence-corrected chi connectivity index (χ4v) is 3.01. The van der Waals surface area contributed by atoms with E-state index in [0.717, 1.165) is 10.9 Å². The molecule has 2 rings (SSSR count). The lowest BCUT2D eigenvalue weighted by Gasteiger charge is -2.25. The Kier molecular flexibility index (Phi) is 6.95. The van der Waals surface area contributed by atoms with Gasteiger partial charge < -0.3 is 19.2 Å². The van der Waals surface area contributed by atoms with Crippen LogP contribution in [0.15, 0.2) is 21.3 Å². The van der Waals surface area contributed by atoms with Crippen molar-refractivity contribution in [2.24, 2.45) is 5.92 Å². The minimum absolute atomic E-state index is 0.173. The third-order valence-corrected chi connectivity index (χ3v) is 5.17. The molecular weight excluding hydrogens is 386 g/mol. The number of carbonyl (C=O) groups is 2. The van der Waals surface area contributed by atoms with Gasteiger partial charge in [0.2, 0.25) is 0 Å². The number of fused-ring (bicyclic) bond motifs is 1. The third-order valence-electron chi connectivity index (χ3n) is 5.17. The third kappa shape index (κ3) is 5.20. The van der Waals surface area contributed by atoms with Gasteiger partial charge in [0, 0.05) is 16.5 Å². The van der Waals surface area contributed by atoms with Gasteiger partial charge in [-0.3, -0.25) is 0 Å². The summed E-state index contributed by atoms with van der Waals surface area (Å²) in [4.78, 5) is 37.2. The number of ether oxygens (including phenoxy) is 2. The summed E-state index contributed by atoms with van der Waals surface area (Å²) in [6.07, 6.45) is -0.0309. The van der Waals surface area contributed by atoms with E-state index in [1.165, 1.54) is 0 Å². The number of hydrogen-bond acceptors (Lipinski definition) is 6. The van der Waals surface area contributed by atoms with Crippen molar-refractivity contribution in [1.29, 1.82) is 0 Å². The molecule has 7 nitrogen and oxygen atoms in total. The molecule has 2 unspecified atom stereocenters. The molecule has 0 saturated heterocycles. The van der Waals surface area contributed by atoms with Crippen LogP contribution in [0.3, 0.4) is 0 Å². The van der Waals surface area contributed by atoms with Gasteiger partial charge in [-0.15, -0.1) is 0 Å². The first-order chi connectivity index (χ1) is 13.9. The van der Waals surface area contributed by atoms with Crippen molar-refractivity contribution in [3.63, 3.8) is 0 Å². The molecule has 0 aliphatic heterocycles. The average molecular weight is 418 g/mol. The van der Waals surface area contributed by atoms with E-state index in [-0.39, 0.29) is 11.7 Å². The zero-order chi connectivity index (χ0) is 22.8. The number of carbonyl (C=O) groups excluding carboxylic acids is 2. The van der Waals surface area contributed by atoms with Gasteiger partial charge >= 0.3 is 17.7 Å². The molecule has 0 saturated carbocycles. The predicted octanol–water partition coefficient (Wildman–Crippen LogP) is 4.56. The maximum atomic E-state index is 12.9. The smallest absolute Gasteiger partial charge is 0.408 e. The molecule has 0 aliphatic carbocycles. The number of nitrogens with one attached hydrogen (secondary N) is 1. The first-order valence-electron chi connectivity index (χ1n) is 10.1. The Morgan fingerprint density at radius 1 is 1.10 bits per heavy atom. The van der Waals surface area contributed by atoms with Gasteiger partial charge in [-0.25, -0.2) is 14.4 Å². The summed E-state index contributed by atoms with van der Waals surface area (Å²) in [7, 11) is 0. The average Bonchev–Trinajstić information content (AvgIpc) is 2.65. The van der Waals surface area contributed by atoms with E-state index in [1.807, 2.05) is 20.8 Å². The molecule has 1 amide bonds. The molecular formula is C23H31NO6. The van der Waals surface area contributed by atoms with Gasteiger partial charge in [0.15, 0.2) is 0 Å². The lowest BCUT2D eigenvalue weighted by Crippen LogP contribution is -2.48. The highest BCUT2D eigenvalue weighted by molar-refractivity contribution is 5.88. The van der Waals surface area contributed by atoms with Crippen molar-refractivity contribution in [2.75, 3.05) is 0 Å². The minimum Gasteiger partial charge on any atom is -0.444 e. The maximum absolute atomic E-state index is 12.9.